The van der Waals surface area contributed by atoms with Gasteiger partial charge in [-0.25, -0.2) is 4.98 Å². The molecule has 2 heterocycles. The van der Waals surface area contributed by atoms with Crippen LogP contribution in [0.15, 0.2) is 48.7 Å². The Bertz CT molecular complexity index is 583. The minimum absolute atomic E-state index is 0.0135. The van der Waals surface area contributed by atoms with E-state index in [-0.39, 0.29) is 6.10 Å². The van der Waals surface area contributed by atoms with Crippen LogP contribution in [0.25, 0.3) is 0 Å². The zero-order chi connectivity index (χ0) is 15.2. The number of pyridine rings is 1. The quantitative estimate of drug-likeness (QED) is 0.889. The molecule has 0 spiro atoms. The van der Waals surface area contributed by atoms with Crippen LogP contribution >= 0.6 is 0 Å². The highest BCUT2D eigenvalue weighted by molar-refractivity contribution is 5.34. The molecule has 0 saturated carbocycles. The van der Waals surface area contributed by atoms with Crippen molar-refractivity contribution in [2.75, 3.05) is 19.7 Å². The van der Waals surface area contributed by atoms with Crippen LogP contribution in [0, 0.1) is 5.92 Å². The highest BCUT2D eigenvalue weighted by Gasteiger charge is 2.28. The van der Waals surface area contributed by atoms with Crippen molar-refractivity contribution in [3.8, 4) is 11.6 Å². The molecule has 1 fully saturated rings. The first-order valence-electron chi connectivity index (χ1n) is 7.88. The van der Waals surface area contributed by atoms with Gasteiger partial charge in [0.25, 0.3) is 5.88 Å². The summed E-state index contributed by atoms with van der Waals surface area (Å²) in [6.07, 6.45) is 2.86. The van der Waals surface area contributed by atoms with Gasteiger partial charge in [-0.1, -0.05) is 30.3 Å². The molecule has 1 saturated heterocycles. The van der Waals surface area contributed by atoms with Crippen molar-refractivity contribution in [3.05, 3.63) is 54.2 Å². The zero-order valence-corrected chi connectivity index (χ0v) is 12.9. The average molecular weight is 298 g/mol. The predicted molar refractivity (Wildman–Crippen MR) is 86.2 cm³/mol. The van der Waals surface area contributed by atoms with Crippen molar-refractivity contribution in [2.45, 2.75) is 19.4 Å². The van der Waals surface area contributed by atoms with Crippen molar-refractivity contribution in [1.82, 2.24) is 10.3 Å². The molecule has 3 rings (SSSR count). The van der Waals surface area contributed by atoms with Crippen molar-refractivity contribution in [1.29, 1.82) is 0 Å². The van der Waals surface area contributed by atoms with Crippen LogP contribution in [-0.2, 0) is 0 Å². The molecular weight excluding hydrogens is 276 g/mol. The van der Waals surface area contributed by atoms with Crippen molar-refractivity contribution < 1.29 is 9.47 Å². The third-order valence-corrected chi connectivity index (χ3v) is 3.93. The minimum atomic E-state index is 0.0135. The fourth-order valence-corrected chi connectivity index (χ4v) is 2.86. The van der Waals surface area contributed by atoms with E-state index >= 15 is 0 Å². The van der Waals surface area contributed by atoms with Gasteiger partial charge in [0.2, 0.25) is 0 Å². The van der Waals surface area contributed by atoms with Gasteiger partial charge in [-0.2, -0.15) is 0 Å². The standard InChI is InChI=1S/C18H22N2O2/c1-2-21-18-16(9-6-11-20-18)22-17(15-10-12-19-13-15)14-7-4-3-5-8-14/h3-9,11,15,17,19H,2,10,12-13H2,1H3/t15-,17-/m1/s1. The van der Waals surface area contributed by atoms with Gasteiger partial charge in [-0.15, -0.1) is 0 Å². The maximum Gasteiger partial charge on any atom is 0.257 e. The fourth-order valence-electron chi connectivity index (χ4n) is 2.86. The summed E-state index contributed by atoms with van der Waals surface area (Å²) >= 11 is 0. The monoisotopic (exact) mass is 298 g/mol. The van der Waals surface area contributed by atoms with E-state index in [1.54, 1.807) is 6.20 Å². The van der Waals surface area contributed by atoms with Gasteiger partial charge in [0, 0.05) is 18.7 Å². The average Bonchev–Trinajstić information content (AvgIpc) is 3.09. The van der Waals surface area contributed by atoms with E-state index in [1.807, 2.05) is 25.1 Å². The molecule has 4 nitrogen and oxygen atoms in total. The highest BCUT2D eigenvalue weighted by Crippen LogP contribution is 2.35. The largest absolute Gasteiger partial charge is 0.480 e. The number of rotatable bonds is 6. The van der Waals surface area contributed by atoms with Crippen molar-refractivity contribution in [3.63, 3.8) is 0 Å². The van der Waals surface area contributed by atoms with E-state index in [4.69, 9.17) is 9.47 Å². The molecule has 2 atom stereocenters. The molecule has 2 aromatic rings. The van der Waals surface area contributed by atoms with Crippen molar-refractivity contribution >= 4 is 0 Å². The van der Waals surface area contributed by atoms with Crippen LogP contribution in [0.2, 0.25) is 0 Å². The number of nitrogens with one attached hydrogen (secondary N) is 1. The summed E-state index contributed by atoms with van der Waals surface area (Å²) in [4.78, 5) is 4.28. The number of nitrogens with zero attached hydrogens (tertiary/aromatic N) is 1. The number of aromatic nitrogens is 1. The molecule has 0 unspecified atom stereocenters. The topological polar surface area (TPSA) is 43.4 Å². The van der Waals surface area contributed by atoms with E-state index in [9.17, 15) is 0 Å². The van der Waals surface area contributed by atoms with Crippen LogP contribution in [0.5, 0.6) is 11.6 Å². The van der Waals surface area contributed by atoms with E-state index in [1.165, 1.54) is 5.56 Å². The molecule has 0 radical (unpaired) electrons. The van der Waals surface area contributed by atoms with Gasteiger partial charge < -0.3 is 14.8 Å². The first kappa shape index (κ1) is 14.9. The van der Waals surface area contributed by atoms with Crippen LogP contribution in [0.1, 0.15) is 25.0 Å². The summed E-state index contributed by atoms with van der Waals surface area (Å²) in [6, 6.07) is 14.2. The predicted octanol–water partition coefficient (Wildman–Crippen LogP) is 3.21. The van der Waals surface area contributed by atoms with Gasteiger partial charge >= 0.3 is 0 Å². The number of benzene rings is 1. The summed E-state index contributed by atoms with van der Waals surface area (Å²) in [6.45, 7) is 4.55. The molecule has 22 heavy (non-hydrogen) atoms. The first-order chi connectivity index (χ1) is 10.9. The van der Waals surface area contributed by atoms with E-state index < -0.39 is 0 Å². The molecular formula is C18H22N2O2. The summed E-state index contributed by atoms with van der Waals surface area (Å²) in [5.74, 6) is 1.74. The Kier molecular flexibility index (Phi) is 4.91. The van der Waals surface area contributed by atoms with Gasteiger partial charge in [-0.05, 0) is 37.6 Å². The Hall–Kier alpha value is -2.07. The molecule has 1 aromatic carbocycles. The van der Waals surface area contributed by atoms with Gasteiger partial charge in [0.15, 0.2) is 5.75 Å². The number of hydrogen-bond donors (Lipinski definition) is 1. The van der Waals surface area contributed by atoms with Crippen LogP contribution in [0.3, 0.4) is 0 Å². The lowest BCUT2D eigenvalue weighted by Crippen LogP contribution is -2.21. The Labute approximate surface area is 131 Å². The molecule has 1 aromatic heterocycles. The SMILES string of the molecule is CCOc1ncccc1O[C@H](c1ccccc1)[C@@H]1CCNC1. The smallest absolute Gasteiger partial charge is 0.257 e. The molecule has 116 valence electrons. The third kappa shape index (κ3) is 3.39. The van der Waals surface area contributed by atoms with Gasteiger partial charge in [0.05, 0.1) is 6.61 Å². The minimum Gasteiger partial charge on any atom is -0.480 e. The molecule has 1 N–H and O–H groups in total. The third-order valence-electron chi connectivity index (χ3n) is 3.93. The van der Waals surface area contributed by atoms with Crippen LogP contribution < -0.4 is 14.8 Å². The van der Waals surface area contributed by atoms with E-state index in [2.05, 4.69) is 34.6 Å². The number of ether oxygens (including phenoxy) is 2. The lowest BCUT2D eigenvalue weighted by molar-refractivity contribution is 0.136. The van der Waals surface area contributed by atoms with E-state index in [0.717, 1.165) is 19.5 Å². The Balaban J connectivity index is 1.87. The second-order valence-electron chi connectivity index (χ2n) is 5.44. The summed E-state index contributed by atoms with van der Waals surface area (Å²) in [5.41, 5.74) is 1.20. The highest BCUT2D eigenvalue weighted by atomic mass is 16.5. The molecule has 0 aliphatic carbocycles. The maximum atomic E-state index is 6.34. The molecule has 1 aliphatic rings. The molecule has 0 amide bonds. The van der Waals surface area contributed by atoms with Crippen LogP contribution in [0.4, 0.5) is 0 Å². The zero-order valence-electron chi connectivity index (χ0n) is 12.9. The van der Waals surface area contributed by atoms with Gasteiger partial charge in [0.1, 0.15) is 6.10 Å². The normalized spacial score (nSPS) is 18.9. The summed E-state index contributed by atoms with van der Waals surface area (Å²) < 4.78 is 11.9. The fraction of sp³-hybridized carbons (Fsp3) is 0.389. The molecule has 0 bridgehead atoms. The second kappa shape index (κ2) is 7.27. The lowest BCUT2D eigenvalue weighted by atomic mass is 9.95. The lowest BCUT2D eigenvalue weighted by Gasteiger charge is -2.25. The number of hydrogen-bond acceptors (Lipinski definition) is 4. The maximum absolute atomic E-state index is 6.34. The molecule has 4 heteroatoms. The Morgan fingerprint density at radius 1 is 1.23 bits per heavy atom. The Morgan fingerprint density at radius 2 is 2.09 bits per heavy atom. The first-order valence-corrected chi connectivity index (χ1v) is 7.88. The summed E-state index contributed by atoms with van der Waals surface area (Å²) in [5, 5.41) is 3.42. The van der Waals surface area contributed by atoms with Crippen LogP contribution in [-0.4, -0.2) is 24.7 Å². The summed E-state index contributed by atoms with van der Waals surface area (Å²) in [7, 11) is 0. The Morgan fingerprint density at radius 3 is 2.82 bits per heavy atom. The van der Waals surface area contributed by atoms with Gasteiger partial charge in [-0.3, -0.25) is 0 Å². The molecule has 1 aliphatic heterocycles. The van der Waals surface area contributed by atoms with Crippen molar-refractivity contribution in [2.24, 2.45) is 5.92 Å². The van der Waals surface area contributed by atoms with E-state index in [0.29, 0.717) is 24.2 Å². The second-order valence-corrected chi connectivity index (χ2v) is 5.44.